The van der Waals surface area contributed by atoms with E-state index in [4.69, 9.17) is 11.6 Å². The predicted octanol–water partition coefficient (Wildman–Crippen LogP) is 2.61. The summed E-state index contributed by atoms with van der Waals surface area (Å²) in [7, 11) is 3.90. The Balaban J connectivity index is 1.72. The van der Waals surface area contributed by atoms with Crippen molar-refractivity contribution in [3.8, 4) is 0 Å². The van der Waals surface area contributed by atoms with E-state index in [0.29, 0.717) is 17.1 Å². The summed E-state index contributed by atoms with van der Waals surface area (Å²) in [5, 5.41) is 10.7. The molecule has 2 heterocycles. The number of aromatic amines is 1. The summed E-state index contributed by atoms with van der Waals surface area (Å²) in [6.45, 7) is 0.340. The Morgan fingerprint density at radius 2 is 2.09 bits per heavy atom. The number of benzene rings is 1. The van der Waals surface area contributed by atoms with Crippen LogP contribution in [0.2, 0.25) is 5.02 Å². The Morgan fingerprint density at radius 1 is 1.26 bits per heavy atom. The van der Waals surface area contributed by atoms with Crippen LogP contribution in [0, 0.1) is 0 Å². The topological polar surface area (TPSA) is 73.9 Å². The molecule has 0 bridgehead atoms. The lowest BCUT2D eigenvalue weighted by molar-refractivity contribution is 0.0950. The van der Waals surface area contributed by atoms with Crippen molar-refractivity contribution in [3.05, 3.63) is 52.9 Å². The maximum atomic E-state index is 12.3. The minimum Gasteiger partial charge on any atom is -0.376 e. The van der Waals surface area contributed by atoms with Crippen molar-refractivity contribution in [1.29, 1.82) is 0 Å². The van der Waals surface area contributed by atoms with Gasteiger partial charge >= 0.3 is 0 Å². The van der Waals surface area contributed by atoms with Crippen LogP contribution < -0.4 is 10.2 Å². The monoisotopic (exact) mass is 329 g/mol. The lowest BCUT2D eigenvalue weighted by atomic mass is 10.1. The Hall–Kier alpha value is -2.60. The molecular formula is C16H16ClN5O. The summed E-state index contributed by atoms with van der Waals surface area (Å²) < 4.78 is 0. The largest absolute Gasteiger partial charge is 0.376 e. The van der Waals surface area contributed by atoms with Crippen molar-refractivity contribution >= 4 is 34.1 Å². The van der Waals surface area contributed by atoms with Crippen molar-refractivity contribution in [2.75, 3.05) is 19.0 Å². The molecule has 0 aliphatic carbocycles. The molecule has 2 aromatic heterocycles. The van der Waals surface area contributed by atoms with E-state index in [1.807, 2.05) is 31.1 Å². The second kappa shape index (κ2) is 6.26. The first-order chi connectivity index (χ1) is 11.1. The number of nitrogens with one attached hydrogen (secondary N) is 2. The second-order valence-electron chi connectivity index (χ2n) is 5.34. The molecule has 0 unspecified atom stereocenters. The average molecular weight is 330 g/mol. The highest BCUT2D eigenvalue weighted by atomic mass is 35.5. The molecule has 0 fully saturated rings. The highest BCUT2D eigenvalue weighted by molar-refractivity contribution is 6.38. The number of carbonyl (C=O) groups is 1. The van der Waals surface area contributed by atoms with Gasteiger partial charge in [0, 0.05) is 19.5 Å². The zero-order valence-corrected chi connectivity index (χ0v) is 13.6. The van der Waals surface area contributed by atoms with Crippen LogP contribution in [-0.2, 0) is 6.54 Å². The highest BCUT2D eigenvalue weighted by Crippen LogP contribution is 2.25. The molecule has 6 nitrogen and oxygen atoms in total. The molecule has 0 saturated heterocycles. The predicted molar refractivity (Wildman–Crippen MR) is 90.8 cm³/mol. The van der Waals surface area contributed by atoms with Gasteiger partial charge in [-0.25, -0.2) is 0 Å². The molecule has 1 amide bonds. The molecule has 2 N–H and O–H groups in total. The van der Waals surface area contributed by atoms with Crippen LogP contribution in [0.4, 0.5) is 5.69 Å². The molecule has 0 saturated carbocycles. The molecule has 0 radical (unpaired) electrons. The van der Waals surface area contributed by atoms with Crippen molar-refractivity contribution in [2.24, 2.45) is 0 Å². The molecule has 3 rings (SSSR count). The first-order valence-electron chi connectivity index (χ1n) is 7.08. The Bertz CT molecular complexity index is 841. The fourth-order valence-corrected chi connectivity index (χ4v) is 2.51. The van der Waals surface area contributed by atoms with E-state index in [9.17, 15) is 4.79 Å². The van der Waals surface area contributed by atoms with Crippen LogP contribution in [0.25, 0.3) is 10.9 Å². The van der Waals surface area contributed by atoms with Crippen LogP contribution in [0.3, 0.4) is 0 Å². The maximum absolute atomic E-state index is 12.3. The van der Waals surface area contributed by atoms with Crippen molar-refractivity contribution in [3.63, 3.8) is 0 Å². The van der Waals surface area contributed by atoms with Crippen molar-refractivity contribution in [1.82, 2.24) is 20.5 Å². The summed E-state index contributed by atoms with van der Waals surface area (Å²) in [4.78, 5) is 18.6. The normalized spacial score (nSPS) is 10.7. The van der Waals surface area contributed by atoms with Gasteiger partial charge in [-0.15, -0.1) is 0 Å². The van der Waals surface area contributed by atoms with E-state index < -0.39 is 0 Å². The number of H-pyrrole nitrogens is 1. The van der Waals surface area contributed by atoms with E-state index in [0.717, 1.165) is 22.3 Å². The second-order valence-corrected chi connectivity index (χ2v) is 5.72. The standard InChI is InChI=1S/C16H16ClN5O/c1-22(2)11-4-3-10(18-8-11)7-19-16(23)12-5-6-14-13(15(12)17)9-20-21-14/h3-6,8-9H,7H2,1-2H3,(H,19,23)(H,20,21). The van der Waals surface area contributed by atoms with Gasteiger partial charge in [-0.3, -0.25) is 14.9 Å². The zero-order chi connectivity index (χ0) is 16.4. The summed E-state index contributed by atoms with van der Waals surface area (Å²) in [6, 6.07) is 7.31. The third-order valence-electron chi connectivity index (χ3n) is 3.56. The van der Waals surface area contributed by atoms with Gasteiger partial charge < -0.3 is 10.2 Å². The number of nitrogens with zero attached hydrogens (tertiary/aromatic N) is 3. The van der Waals surface area contributed by atoms with Crippen LogP contribution in [-0.4, -0.2) is 35.2 Å². The molecule has 1 aromatic carbocycles. The molecule has 0 aliphatic heterocycles. The first kappa shape index (κ1) is 15.3. The summed E-state index contributed by atoms with van der Waals surface area (Å²) in [5.41, 5.74) is 3.01. The molecule has 0 aliphatic rings. The third kappa shape index (κ3) is 3.12. The highest BCUT2D eigenvalue weighted by Gasteiger charge is 2.13. The smallest absolute Gasteiger partial charge is 0.253 e. The molecule has 118 valence electrons. The summed E-state index contributed by atoms with van der Waals surface area (Å²) in [5.74, 6) is -0.239. The van der Waals surface area contributed by atoms with Gasteiger partial charge in [0.1, 0.15) is 0 Å². The van der Waals surface area contributed by atoms with E-state index in [2.05, 4.69) is 20.5 Å². The number of hydrogen-bond acceptors (Lipinski definition) is 4. The lowest BCUT2D eigenvalue weighted by Crippen LogP contribution is -2.23. The van der Waals surface area contributed by atoms with Crippen LogP contribution in [0.1, 0.15) is 16.1 Å². The Kier molecular flexibility index (Phi) is 4.16. The number of amides is 1. The Labute approximate surface area is 138 Å². The van der Waals surface area contributed by atoms with Gasteiger partial charge in [0.05, 0.1) is 46.4 Å². The van der Waals surface area contributed by atoms with Gasteiger partial charge in [0.25, 0.3) is 5.91 Å². The number of carbonyl (C=O) groups excluding carboxylic acids is 1. The van der Waals surface area contributed by atoms with Crippen LogP contribution in [0.15, 0.2) is 36.7 Å². The third-order valence-corrected chi connectivity index (χ3v) is 3.97. The summed E-state index contributed by atoms with van der Waals surface area (Å²) >= 11 is 6.27. The van der Waals surface area contributed by atoms with Gasteiger partial charge in [0.2, 0.25) is 0 Å². The molecule has 3 aromatic rings. The fourth-order valence-electron chi connectivity index (χ4n) is 2.21. The molecule has 0 atom stereocenters. The van der Waals surface area contributed by atoms with Crippen molar-refractivity contribution in [2.45, 2.75) is 6.54 Å². The minimum absolute atomic E-state index is 0.239. The van der Waals surface area contributed by atoms with E-state index in [-0.39, 0.29) is 5.91 Å². The number of halogens is 1. The number of pyridine rings is 1. The molecular weight excluding hydrogens is 314 g/mol. The van der Waals surface area contributed by atoms with E-state index in [1.165, 1.54) is 0 Å². The van der Waals surface area contributed by atoms with E-state index >= 15 is 0 Å². The number of aromatic nitrogens is 3. The van der Waals surface area contributed by atoms with Gasteiger partial charge in [0.15, 0.2) is 0 Å². The van der Waals surface area contributed by atoms with Gasteiger partial charge in [-0.1, -0.05) is 11.6 Å². The molecule has 23 heavy (non-hydrogen) atoms. The number of hydrogen-bond donors (Lipinski definition) is 2. The van der Waals surface area contributed by atoms with E-state index in [1.54, 1.807) is 24.5 Å². The SMILES string of the molecule is CN(C)c1ccc(CNC(=O)c2ccc3[nH]ncc3c2Cl)nc1. The number of fused-ring (bicyclic) bond motifs is 1. The summed E-state index contributed by atoms with van der Waals surface area (Å²) in [6.07, 6.45) is 3.38. The number of rotatable bonds is 4. The maximum Gasteiger partial charge on any atom is 0.253 e. The quantitative estimate of drug-likeness (QED) is 0.771. The average Bonchev–Trinajstić information content (AvgIpc) is 3.03. The molecule has 0 spiro atoms. The minimum atomic E-state index is -0.239. The zero-order valence-electron chi connectivity index (χ0n) is 12.8. The first-order valence-corrected chi connectivity index (χ1v) is 7.46. The lowest BCUT2D eigenvalue weighted by Gasteiger charge is -2.12. The van der Waals surface area contributed by atoms with Crippen LogP contribution >= 0.6 is 11.6 Å². The molecule has 7 heteroatoms. The number of anilines is 1. The van der Waals surface area contributed by atoms with Crippen molar-refractivity contribution < 1.29 is 4.79 Å². The Morgan fingerprint density at radius 3 is 2.78 bits per heavy atom. The van der Waals surface area contributed by atoms with Crippen LogP contribution in [0.5, 0.6) is 0 Å². The van der Waals surface area contributed by atoms with Gasteiger partial charge in [-0.2, -0.15) is 5.10 Å². The fraction of sp³-hybridized carbons (Fsp3) is 0.188. The van der Waals surface area contributed by atoms with Gasteiger partial charge in [-0.05, 0) is 24.3 Å².